The molecule has 0 aliphatic carbocycles. The largest absolute Gasteiger partial charge is 0.466 e. The molecule has 0 saturated carbocycles. The Morgan fingerprint density at radius 1 is 1.15 bits per heavy atom. The molecule has 0 saturated heterocycles. The number of aryl methyl sites for hydroxylation is 2. The summed E-state index contributed by atoms with van der Waals surface area (Å²) in [5.74, 6) is 1.73. The summed E-state index contributed by atoms with van der Waals surface area (Å²) >= 11 is 0. The number of hydrogen-bond acceptors (Lipinski definition) is 4. The molecular weight excluding hydrogens is 336 g/mol. The summed E-state index contributed by atoms with van der Waals surface area (Å²) in [6.07, 6.45) is 1.87. The third-order valence-corrected chi connectivity index (χ3v) is 5.33. The molecular formula is C22H26N4O. The molecule has 0 atom stereocenters. The molecule has 3 aromatic rings. The van der Waals surface area contributed by atoms with Gasteiger partial charge in [-0.3, -0.25) is 4.57 Å². The van der Waals surface area contributed by atoms with E-state index in [1.165, 1.54) is 11.1 Å². The summed E-state index contributed by atoms with van der Waals surface area (Å²) in [7, 11) is 2.08. The van der Waals surface area contributed by atoms with Gasteiger partial charge in [-0.15, -0.1) is 0 Å². The highest BCUT2D eigenvalue weighted by molar-refractivity contribution is 6.07. The molecule has 0 amide bonds. The van der Waals surface area contributed by atoms with Gasteiger partial charge >= 0.3 is 0 Å². The second-order valence-electron chi connectivity index (χ2n) is 7.67. The van der Waals surface area contributed by atoms with Crippen LogP contribution in [0.25, 0.3) is 11.0 Å². The van der Waals surface area contributed by atoms with Crippen molar-refractivity contribution in [3.63, 3.8) is 0 Å². The summed E-state index contributed by atoms with van der Waals surface area (Å²) in [4.78, 5) is 11.8. The van der Waals surface area contributed by atoms with Crippen LogP contribution in [0.3, 0.4) is 0 Å². The van der Waals surface area contributed by atoms with Crippen LogP contribution in [0.1, 0.15) is 37.5 Å². The van der Waals surface area contributed by atoms with Gasteiger partial charge in [-0.1, -0.05) is 6.07 Å². The lowest BCUT2D eigenvalue weighted by Crippen LogP contribution is -2.34. The highest BCUT2D eigenvalue weighted by atomic mass is 16.5. The van der Waals surface area contributed by atoms with Gasteiger partial charge in [0.2, 0.25) is 0 Å². The fourth-order valence-electron chi connectivity index (χ4n) is 3.48. The molecule has 0 unspecified atom stereocenters. The van der Waals surface area contributed by atoms with E-state index in [2.05, 4.69) is 72.6 Å². The Morgan fingerprint density at radius 2 is 1.93 bits per heavy atom. The summed E-state index contributed by atoms with van der Waals surface area (Å²) in [6, 6.07) is 10.6. The number of ether oxygens (including phenoxy) is 1. The Labute approximate surface area is 160 Å². The zero-order chi connectivity index (χ0) is 19.3. The molecule has 27 heavy (non-hydrogen) atoms. The first-order valence-electron chi connectivity index (χ1n) is 9.39. The molecule has 4 rings (SSSR count). The standard InChI is InChI=1S/C22H26N4O/c1-7-25(6)16-9-10-17-19(12-16)27-22(4,5)24-21(17)26-13-23-20-15(3)14(2)8-11-18(20)26/h8-13H,7H2,1-6H3. The normalized spacial score (nSPS) is 15.3. The average Bonchev–Trinajstić information content (AvgIpc) is 3.06. The smallest absolute Gasteiger partial charge is 0.196 e. The van der Waals surface area contributed by atoms with Crippen LogP contribution < -0.4 is 9.64 Å². The van der Waals surface area contributed by atoms with Crippen molar-refractivity contribution >= 4 is 22.6 Å². The minimum Gasteiger partial charge on any atom is -0.466 e. The van der Waals surface area contributed by atoms with Crippen LogP contribution in [-0.2, 0) is 0 Å². The fraction of sp³-hybridized carbons (Fsp3) is 0.364. The number of anilines is 1. The third kappa shape index (κ3) is 2.87. The quantitative estimate of drug-likeness (QED) is 0.672. The number of fused-ring (bicyclic) bond motifs is 2. The first-order chi connectivity index (χ1) is 12.8. The maximum Gasteiger partial charge on any atom is 0.196 e. The SMILES string of the molecule is CCN(C)c1ccc2c(c1)OC(C)(C)N=C2n1cnc2c(C)c(C)ccc21. The molecule has 140 valence electrons. The van der Waals surface area contributed by atoms with Crippen LogP contribution >= 0.6 is 0 Å². The monoisotopic (exact) mass is 362 g/mol. The zero-order valence-electron chi connectivity index (χ0n) is 16.9. The van der Waals surface area contributed by atoms with E-state index in [-0.39, 0.29) is 0 Å². The van der Waals surface area contributed by atoms with Gasteiger partial charge in [-0.2, -0.15) is 0 Å². The Balaban J connectivity index is 1.91. The molecule has 5 heteroatoms. The first kappa shape index (κ1) is 17.6. The number of rotatable bonds is 2. The van der Waals surface area contributed by atoms with Gasteiger partial charge in [0.05, 0.1) is 16.6 Å². The van der Waals surface area contributed by atoms with Gasteiger partial charge in [0.25, 0.3) is 0 Å². The van der Waals surface area contributed by atoms with Gasteiger partial charge in [0, 0.05) is 25.3 Å². The number of hydrogen-bond donors (Lipinski definition) is 0. The minimum atomic E-state index is -0.637. The predicted octanol–water partition coefficient (Wildman–Crippen LogP) is 4.53. The van der Waals surface area contributed by atoms with Gasteiger partial charge in [-0.05, 0) is 63.9 Å². The van der Waals surface area contributed by atoms with Crippen molar-refractivity contribution in [3.8, 4) is 5.75 Å². The Bertz CT molecular complexity index is 1060. The minimum absolute atomic E-state index is 0.637. The Morgan fingerprint density at radius 3 is 2.67 bits per heavy atom. The number of aliphatic imine (C=N–C) groups is 1. The lowest BCUT2D eigenvalue weighted by Gasteiger charge is -2.31. The number of benzene rings is 2. The van der Waals surface area contributed by atoms with Crippen molar-refractivity contribution in [2.24, 2.45) is 4.99 Å². The molecule has 2 heterocycles. The number of nitrogens with zero attached hydrogens (tertiary/aromatic N) is 4. The van der Waals surface area contributed by atoms with Crippen LogP contribution in [-0.4, -0.2) is 34.7 Å². The topological polar surface area (TPSA) is 42.6 Å². The Kier molecular flexibility index (Phi) is 3.98. The van der Waals surface area contributed by atoms with Gasteiger partial charge < -0.3 is 9.64 Å². The van der Waals surface area contributed by atoms with Crippen molar-refractivity contribution in [3.05, 3.63) is 53.3 Å². The van der Waals surface area contributed by atoms with E-state index >= 15 is 0 Å². The maximum absolute atomic E-state index is 6.19. The lowest BCUT2D eigenvalue weighted by atomic mass is 10.1. The highest BCUT2D eigenvalue weighted by Crippen LogP contribution is 2.35. The van der Waals surface area contributed by atoms with E-state index in [9.17, 15) is 0 Å². The van der Waals surface area contributed by atoms with Crippen molar-refractivity contribution in [2.45, 2.75) is 40.3 Å². The van der Waals surface area contributed by atoms with Crippen molar-refractivity contribution < 1.29 is 4.74 Å². The molecule has 0 bridgehead atoms. The summed E-state index contributed by atoms with van der Waals surface area (Å²) in [6.45, 7) is 11.3. The molecule has 1 aliphatic heterocycles. The lowest BCUT2D eigenvalue weighted by molar-refractivity contribution is 0.115. The van der Waals surface area contributed by atoms with Crippen LogP contribution in [0.15, 0.2) is 41.7 Å². The van der Waals surface area contributed by atoms with E-state index < -0.39 is 5.72 Å². The first-order valence-corrected chi connectivity index (χ1v) is 9.39. The van der Waals surface area contributed by atoms with Crippen molar-refractivity contribution in [1.29, 1.82) is 0 Å². The highest BCUT2D eigenvalue weighted by Gasteiger charge is 2.30. The molecule has 1 aliphatic rings. The summed E-state index contributed by atoms with van der Waals surface area (Å²) in [5.41, 5.74) is 6.02. The van der Waals surface area contributed by atoms with Gasteiger partial charge in [0.15, 0.2) is 5.72 Å². The fourth-order valence-corrected chi connectivity index (χ4v) is 3.48. The molecule has 0 spiro atoms. The van der Waals surface area contributed by atoms with Crippen molar-refractivity contribution in [2.75, 3.05) is 18.5 Å². The number of imidazole rings is 1. The maximum atomic E-state index is 6.19. The average molecular weight is 362 g/mol. The molecule has 0 N–H and O–H groups in total. The van der Waals surface area contributed by atoms with Crippen molar-refractivity contribution in [1.82, 2.24) is 9.55 Å². The number of aromatic nitrogens is 2. The molecule has 0 radical (unpaired) electrons. The third-order valence-electron chi connectivity index (χ3n) is 5.33. The molecule has 5 nitrogen and oxygen atoms in total. The van der Waals surface area contributed by atoms with Crippen LogP contribution in [0.5, 0.6) is 5.75 Å². The molecule has 0 fully saturated rings. The summed E-state index contributed by atoms with van der Waals surface area (Å²) < 4.78 is 8.27. The second-order valence-corrected chi connectivity index (χ2v) is 7.67. The summed E-state index contributed by atoms with van der Waals surface area (Å²) in [5, 5.41) is 0. The zero-order valence-corrected chi connectivity index (χ0v) is 16.9. The van der Waals surface area contributed by atoms with E-state index in [0.717, 1.165) is 40.4 Å². The van der Waals surface area contributed by atoms with Gasteiger partial charge in [-0.25, -0.2) is 9.98 Å². The van der Waals surface area contributed by atoms with E-state index in [4.69, 9.17) is 9.73 Å². The van der Waals surface area contributed by atoms with Crippen LogP contribution in [0.2, 0.25) is 0 Å². The molecule has 2 aromatic carbocycles. The van der Waals surface area contributed by atoms with E-state index in [1.807, 2.05) is 20.2 Å². The Hall–Kier alpha value is -2.82. The van der Waals surface area contributed by atoms with Gasteiger partial charge in [0.1, 0.15) is 17.9 Å². The predicted molar refractivity (Wildman–Crippen MR) is 111 cm³/mol. The van der Waals surface area contributed by atoms with E-state index in [0.29, 0.717) is 0 Å². The molecule has 1 aromatic heterocycles. The second kappa shape index (κ2) is 6.12. The van der Waals surface area contributed by atoms with E-state index in [1.54, 1.807) is 0 Å². The van der Waals surface area contributed by atoms with Crippen LogP contribution in [0, 0.1) is 13.8 Å². The van der Waals surface area contributed by atoms with Crippen LogP contribution in [0.4, 0.5) is 5.69 Å².